The standard InChI is InChI=1S/C61H45N/c1-61(2)58-30-10-8-26-56(58)57-29-15-28-55(60(57)61)46-36-38-50(39-37-46)62(59-31-11-9-25-54(59)45-34-32-43(33-35-45)42-16-4-3-5-17-42)51-23-13-21-48(41-51)47-20-12-22-49(40-47)53-27-14-19-44-18-6-7-24-52(44)53/h3-41H,1-2H3. The predicted molar refractivity (Wildman–Crippen MR) is 263 cm³/mol. The first-order valence-corrected chi connectivity index (χ1v) is 21.6. The van der Waals surface area contributed by atoms with Gasteiger partial charge in [-0.25, -0.2) is 0 Å². The maximum atomic E-state index is 2.43. The van der Waals surface area contributed by atoms with Gasteiger partial charge in [0.2, 0.25) is 0 Å². The summed E-state index contributed by atoms with van der Waals surface area (Å²) in [4.78, 5) is 2.43. The SMILES string of the molecule is CC1(C)c2ccccc2-c2cccc(-c3ccc(N(c4cccc(-c5cccc(-c6cccc7ccccc67)c5)c4)c4ccccc4-c4ccc(-c5ccccc5)cc4)cc3)c21. The maximum Gasteiger partial charge on any atom is 0.0540 e. The second kappa shape index (κ2) is 15.4. The molecule has 0 saturated carbocycles. The molecule has 0 aliphatic heterocycles. The van der Waals surface area contributed by atoms with Gasteiger partial charge in [0.05, 0.1) is 5.69 Å². The van der Waals surface area contributed by atoms with E-state index in [9.17, 15) is 0 Å². The van der Waals surface area contributed by atoms with Crippen molar-refractivity contribution in [3.8, 4) is 66.8 Å². The normalized spacial score (nSPS) is 12.5. The molecule has 10 aromatic rings. The molecular formula is C61H45N. The van der Waals surface area contributed by atoms with Crippen LogP contribution < -0.4 is 4.90 Å². The number of benzene rings is 10. The summed E-state index contributed by atoms with van der Waals surface area (Å²) in [5.74, 6) is 0. The Bertz CT molecular complexity index is 3240. The zero-order valence-electron chi connectivity index (χ0n) is 35.0. The number of hydrogen-bond acceptors (Lipinski definition) is 1. The van der Waals surface area contributed by atoms with Crippen LogP contribution in [0.15, 0.2) is 237 Å². The van der Waals surface area contributed by atoms with E-state index in [1.807, 2.05) is 0 Å². The monoisotopic (exact) mass is 791 g/mol. The van der Waals surface area contributed by atoms with Gasteiger partial charge in [0.15, 0.2) is 0 Å². The maximum absolute atomic E-state index is 2.43. The predicted octanol–water partition coefficient (Wildman–Crippen LogP) is 17.0. The van der Waals surface area contributed by atoms with Crippen LogP contribution in [0.1, 0.15) is 25.0 Å². The molecule has 0 aromatic heterocycles. The minimum atomic E-state index is -0.104. The van der Waals surface area contributed by atoms with Crippen molar-refractivity contribution in [3.63, 3.8) is 0 Å². The van der Waals surface area contributed by atoms with Crippen LogP contribution in [0.25, 0.3) is 77.5 Å². The summed E-state index contributed by atoms with van der Waals surface area (Å²) in [5, 5.41) is 2.51. The van der Waals surface area contributed by atoms with Crippen molar-refractivity contribution in [3.05, 3.63) is 248 Å². The van der Waals surface area contributed by atoms with Gasteiger partial charge in [0.25, 0.3) is 0 Å². The zero-order chi connectivity index (χ0) is 41.6. The van der Waals surface area contributed by atoms with Crippen molar-refractivity contribution in [2.75, 3.05) is 4.90 Å². The molecule has 0 saturated heterocycles. The summed E-state index contributed by atoms with van der Waals surface area (Å²) < 4.78 is 0. The number of anilines is 3. The molecule has 0 fully saturated rings. The van der Waals surface area contributed by atoms with Crippen molar-refractivity contribution in [2.45, 2.75) is 19.3 Å². The lowest BCUT2D eigenvalue weighted by molar-refractivity contribution is 0.662. The lowest BCUT2D eigenvalue weighted by atomic mass is 9.79. The van der Waals surface area contributed by atoms with Gasteiger partial charge in [-0.1, -0.05) is 214 Å². The number of nitrogens with zero attached hydrogens (tertiary/aromatic N) is 1. The van der Waals surface area contributed by atoms with Gasteiger partial charge in [-0.2, -0.15) is 0 Å². The molecular weight excluding hydrogens is 747 g/mol. The van der Waals surface area contributed by atoms with Crippen LogP contribution in [0.4, 0.5) is 17.1 Å². The molecule has 62 heavy (non-hydrogen) atoms. The van der Waals surface area contributed by atoms with Crippen molar-refractivity contribution < 1.29 is 0 Å². The summed E-state index contributed by atoms with van der Waals surface area (Å²) in [6, 6.07) is 86.5. The number of para-hydroxylation sites is 1. The largest absolute Gasteiger partial charge is 0.310 e. The van der Waals surface area contributed by atoms with Gasteiger partial charge in [-0.05, 0) is 119 Å². The average Bonchev–Trinajstić information content (AvgIpc) is 3.58. The molecule has 1 heteroatoms. The van der Waals surface area contributed by atoms with E-state index in [4.69, 9.17) is 0 Å². The van der Waals surface area contributed by atoms with Crippen LogP contribution in [-0.4, -0.2) is 0 Å². The van der Waals surface area contributed by atoms with Crippen molar-refractivity contribution in [1.29, 1.82) is 0 Å². The van der Waals surface area contributed by atoms with Gasteiger partial charge < -0.3 is 4.90 Å². The highest BCUT2D eigenvalue weighted by Gasteiger charge is 2.37. The van der Waals surface area contributed by atoms with E-state index in [-0.39, 0.29) is 5.41 Å². The molecule has 0 N–H and O–H groups in total. The molecule has 0 spiro atoms. The first-order valence-electron chi connectivity index (χ1n) is 21.6. The van der Waals surface area contributed by atoms with Crippen LogP contribution >= 0.6 is 0 Å². The van der Waals surface area contributed by atoms with Gasteiger partial charge in [0.1, 0.15) is 0 Å². The molecule has 294 valence electrons. The lowest BCUT2D eigenvalue weighted by Crippen LogP contribution is -2.16. The second-order valence-electron chi connectivity index (χ2n) is 16.9. The van der Waals surface area contributed by atoms with E-state index in [1.165, 1.54) is 83.1 Å². The molecule has 0 bridgehead atoms. The first kappa shape index (κ1) is 37.3. The minimum absolute atomic E-state index is 0.104. The van der Waals surface area contributed by atoms with E-state index in [1.54, 1.807) is 0 Å². The fraction of sp³-hybridized carbons (Fsp3) is 0.0492. The quantitative estimate of drug-likeness (QED) is 0.148. The summed E-state index contributed by atoms with van der Waals surface area (Å²) in [6.45, 7) is 4.73. The molecule has 1 aliphatic rings. The summed E-state index contributed by atoms with van der Waals surface area (Å²) in [7, 11) is 0. The van der Waals surface area contributed by atoms with E-state index in [0.717, 1.165) is 22.6 Å². The molecule has 1 aliphatic carbocycles. The Hall–Kier alpha value is -7.74. The van der Waals surface area contributed by atoms with Crippen molar-refractivity contribution in [2.24, 2.45) is 0 Å². The molecule has 0 atom stereocenters. The molecule has 0 unspecified atom stereocenters. The smallest absolute Gasteiger partial charge is 0.0540 e. The Labute approximate surface area is 364 Å². The Morgan fingerprint density at radius 1 is 0.306 bits per heavy atom. The Balaban J connectivity index is 1.03. The van der Waals surface area contributed by atoms with E-state index in [0.29, 0.717) is 0 Å². The molecule has 10 aromatic carbocycles. The summed E-state index contributed by atoms with van der Waals surface area (Å²) in [5.41, 5.74) is 20.7. The van der Waals surface area contributed by atoms with Gasteiger partial charge in [-0.3, -0.25) is 0 Å². The Morgan fingerprint density at radius 2 is 0.823 bits per heavy atom. The summed E-state index contributed by atoms with van der Waals surface area (Å²) in [6.07, 6.45) is 0. The number of hydrogen-bond donors (Lipinski definition) is 0. The highest BCUT2D eigenvalue weighted by molar-refractivity contribution is 5.98. The molecule has 0 amide bonds. The number of rotatable bonds is 8. The summed E-state index contributed by atoms with van der Waals surface area (Å²) >= 11 is 0. The molecule has 11 rings (SSSR count). The third kappa shape index (κ3) is 6.51. The number of fused-ring (bicyclic) bond motifs is 4. The topological polar surface area (TPSA) is 3.24 Å². The van der Waals surface area contributed by atoms with Crippen LogP contribution in [0.3, 0.4) is 0 Å². The van der Waals surface area contributed by atoms with Gasteiger partial charge in [0, 0.05) is 22.4 Å². The Kier molecular flexibility index (Phi) is 9.24. The highest BCUT2D eigenvalue weighted by Crippen LogP contribution is 2.52. The van der Waals surface area contributed by atoms with E-state index >= 15 is 0 Å². The van der Waals surface area contributed by atoms with Crippen LogP contribution in [0.2, 0.25) is 0 Å². The second-order valence-corrected chi connectivity index (χ2v) is 16.9. The average molecular weight is 792 g/mol. The fourth-order valence-corrected chi connectivity index (χ4v) is 9.86. The van der Waals surface area contributed by atoms with Gasteiger partial charge >= 0.3 is 0 Å². The molecule has 0 heterocycles. The third-order valence-electron chi connectivity index (χ3n) is 12.9. The highest BCUT2D eigenvalue weighted by atomic mass is 15.1. The van der Waals surface area contributed by atoms with Crippen molar-refractivity contribution >= 4 is 27.8 Å². The van der Waals surface area contributed by atoms with E-state index < -0.39 is 0 Å². The third-order valence-corrected chi connectivity index (χ3v) is 12.9. The van der Waals surface area contributed by atoms with Crippen molar-refractivity contribution in [1.82, 2.24) is 0 Å². The minimum Gasteiger partial charge on any atom is -0.310 e. The zero-order valence-corrected chi connectivity index (χ0v) is 35.0. The Morgan fingerprint density at radius 3 is 1.66 bits per heavy atom. The lowest BCUT2D eigenvalue weighted by Gasteiger charge is -2.29. The van der Waals surface area contributed by atoms with Crippen LogP contribution in [0, 0.1) is 0 Å². The van der Waals surface area contributed by atoms with Crippen LogP contribution in [0.5, 0.6) is 0 Å². The molecule has 1 nitrogen and oxygen atoms in total. The first-order chi connectivity index (χ1) is 30.5. The van der Waals surface area contributed by atoms with Crippen LogP contribution in [-0.2, 0) is 5.41 Å². The fourth-order valence-electron chi connectivity index (χ4n) is 9.86. The van der Waals surface area contributed by atoms with E-state index in [2.05, 4.69) is 255 Å². The van der Waals surface area contributed by atoms with Gasteiger partial charge in [-0.15, -0.1) is 0 Å². The molecule has 0 radical (unpaired) electrons.